The number of para-hydroxylation sites is 1. The second-order valence-electron chi connectivity index (χ2n) is 3.73. The fourth-order valence-corrected chi connectivity index (χ4v) is 1.59. The fourth-order valence-electron chi connectivity index (χ4n) is 1.59. The highest BCUT2D eigenvalue weighted by Gasteiger charge is 2.18. The number of nitrogens with one attached hydrogen (secondary N) is 2. The lowest BCUT2D eigenvalue weighted by Crippen LogP contribution is -2.11. The van der Waals surface area contributed by atoms with Gasteiger partial charge in [-0.3, -0.25) is 16.0 Å². The first-order valence-electron chi connectivity index (χ1n) is 5.67. The summed E-state index contributed by atoms with van der Waals surface area (Å²) < 4.78 is 4.93. The Hall–Kier alpha value is -1.86. The molecule has 0 heterocycles. The Morgan fingerprint density at radius 3 is 2.72 bits per heavy atom. The number of hydrogen-bond donors (Lipinski definition) is 3. The molecule has 0 amide bonds. The molecule has 18 heavy (non-hydrogen) atoms. The second kappa shape index (κ2) is 7.46. The monoisotopic (exact) mass is 254 g/mol. The van der Waals surface area contributed by atoms with Gasteiger partial charge in [-0.2, -0.15) is 0 Å². The standard InChI is InChI=1S/C11H18N4O3/c1-18-8-3-2-7-13-9-5-4-6-10(14-12)11(9)15(16)17/h4-6,13-14H,2-3,7-8,12H2,1H3. The number of anilines is 2. The first-order valence-corrected chi connectivity index (χ1v) is 5.67. The molecule has 7 heteroatoms. The zero-order chi connectivity index (χ0) is 13.4. The lowest BCUT2D eigenvalue weighted by atomic mass is 10.2. The van der Waals surface area contributed by atoms with E-state index < -0.39 is 4.92 Å². The molecule has 0 radical (unpaired) electrons. The van der Waals surface area contributed by atoms with E-state index in [1.54, 1.807) is 25.3 Å². The number of ether oxygens (including phenoxy) is 1. The van der Waals surface area contributed by atoms with Crippen molar-refractivity contribution in [2.45, 2.75) is 12.8 Å². The van der Waals surface area contributed by atoms with Crippen molar-refractivity contribution in [1.29, 1.82) is 0 Å². The number of nitro groups is 1. The van der Waals surface area contributed by atoms with Crippen LogP contribution in [-0.2, 0) is 4.74 Å². The molecule has 1 aromatic rings. The summed E-state index contributed by atoms with van der Waals surface area (Å²) >= 11 is 0. The summed E-state index contributed by atoms with van der Waals surface area (Å²) in [5, 5.41) is 14.0. The molecule has 0 unspecified atom stereocenters. The lowest BCUT2D eigenvalue weighted by Gasteiger charge is -2.09. The number of hydrogen-bond acceptors (Lipinski definition) is 6. The molecule has 7 nitrogen and oxygen atoms in total. The van der Waals surface area contributed by atoms with Gasteiger partial charge in [0.15, 0.2) is 0 Å². The molecule has 0 aliphatic rings. The van der Waals surface area contributed by atoms with Crippen molar-refractivity contribution in [3.05, 3.63) is 28.3 Å². The Bertz CT molecular complexity index is 398. The van der Waals surface area contributed by atoms with Crippen LogP contribution >= 0.6 is 0 Å². The number of methoxy groups -OCH3 is 1. The average Bonchev–Trinajstić information content (AvgIpc) is 2.37. The van der Waals surface area contributed by atoms with E-state index in [-0.39, 0.29) is 5.69 Å². The van der Waals surface area contributed by atoms with Gasteiger partial charge in [-0.15, -0.1) is 0 Å². The second-order valence-corrected chi connectivity index (χ2v) is 3.73. The third-order valence-electron chi connectivity index (χ3n) is 2.46. The van der Waals surface area contributed by atoms with E-state index in [1.807, 2.05) is 0 Å². The zero-order valence-electron chi connectivity index (χ0n) is 10.3. The maximum absolute atomic E-state index is 11.0. The molecule has 0 fully saturated rings. The summed E-state index contributed by atoms with van der Waals surface area (Å²) in [6.07, 6.45) is 1.79. The minimum Gasteiger partial charge on any atom is -0.385 e. The molecule has 0 saturated carbocycles. The van der Waals surface area contributed by atoms with Crippen LogP contribution in [0.1, 0.15) is 12.8 Å². The minimum atomic E-state index is -0.452. The smallest absolute Gasteiger partial charge is 0.316 e. The average molecular weight is 254 g/mol. The molecule has 0 aliphatic heterocycles. The van der Waals surface area contributed by atoms with Crippen LogP contribution in [0.5, 0.6) is 0 Å². The van der Waals surface area contributed by atoms with Crippen LogP contribution < -0.4 is 16.6 Å². The molecule has 0 atom stereocenters. The summed E-state index contributed by atoms with van der Waals surface area (Å²) in [6, 6.07) is 4.93. The fraction of sp³-hybridized carbons (Fsp3) is 0.455. The molecule has 0 aliphatic carbocycles. The van der Waals surface area contributed by atoms with Crippen LogP contribution in [0.15, 0.2) is 18.2 Å². The van der Waals surface area contributed by atoms with Crippen molar-refractivity contribution < 1.29 is 9.66 Å². The van der Waals surface area contributed by atoms with Crippen LogP contribution in [0.25, 0.3) is 0 Å². The van der Waals surface area contributed by atoms with Gasteiger partial charge in [0.05, 0.1) is 4.92 Å². The summed E-state index contributed by atoms with van der Waals surface area (Å²) in [5.74, 6) is 5.25. The van der Waals surface area contributed by atoms with Gasteiger partial charge in [0.2, 0.25) is 0 Å². The number of nitrogens with zero attached hydrogens (tertiary/aromatic N) is 1. The summed E-state index contributed by atoms with van der Waals surface area (Å²) in [7, 11) is 1.65. The summed E-state index contributed by atoms with van der Waals surface area (Å²) in [6.45, 7) is 1.34. The first kappa shape index (κ1) is 14.2. The third kappa shape index (κ3) is 3.86. The van der Waals surface area contributed by atoms with E-state index in [9.17, 15) is 10.1 Å². The van der Waals surface area contributed by atoms with Crippen molar-refractivity contribution in [3.8, 4) is 0 Å². The van der Waals surface area contributed by atoms with Crippen LogP contribution in [0.2, 0.25) is 0 Å². The number of nitrogen functional groups attached to an aromatic ring is 1. The van der Waals surface area contributed by atoms with Crippen LogP contribution in [-0.4, -0.2) is 25.2 Å². The first-order chi connectivity index (χ1) is 8.70. The quantitative estimate of drug-likeness (QED) is 0.282. The molecule has 1 aromatic carbocycles. The highest BCUT2D eigenvalue weighted by molar-refractivity contribution is 5.75. The Morgan fingerprint density at radius 1 is 1.39 bits per heavy atom. The topological polar surface area (TPSA) is 102 Å². The maximum atomic E-state index is 11.0. The lowest BCUT2D eigenvalue weighted by molar-refractivity contribution is -0.383. The van der Waals surface area contributed by atoms with E-state index in [0.29, 0.717) is 24.5 Å². The van der Waals surface area contributed by atoms with Crippen molar-refractivity contribution in [2.24, 2.45) is 5.84 Å². The van der Waals surface area contributed by atoms with Crippen LogP contribution in [0.3, 0.4) is 0 Å². The Labute approximate surface area is 105 Å². The van der Waals surface area contributed by atoms with Gasteiger partial charge in [-0.1, -0.05) is 6.07 Å². The van der Waals surface area contributed by atoms with Gasteiger partial charge < -0.3 is 15.5 Å². The van der Waals surface area contributed by atoms with Gasteiger partial charge >= 0.3 is 5.69 Å². The summed E-state index contributed by atoms with van der Waals surface area (Å²) in [4.78, 5) is 10.5. The number of nitro benzene ring substituents is 1. The number of benzene rings is 1. The Balaban J connectivity index is 2.67. The molecular weight excluding hydrogens is 236 g/mol. The number of hydrazine groups is 1. The molecule has 4 N–H and O–H groups in total. The SMILES string of the molecule is COCCCCNc1cccc(NN)c1[N+](=O)[O-]. The maximum Gasteiger partial charge on any atom is 0.316 e. The van der Waals surface area contributed by atoms with E-state index >= 15 is 0 Å². The highest BCUT2D eigenvalue weighted by atomic mass is 16.6. The molecular formula is C11H18N4O3. The normalized spacial score (nSPS) is 10.1. The van der Waals surface area contributed by atoms with Crippen LogP contribution in [0.4, 0.5) is 17.1 Å². The molecule has 0 saturated heterocycles. The molecule has 0 aromatic heterocycles. The van der Waals surface area contributed by atoms with Gasteiger partial charge in [-0.25, -0.2) is 0 Å². The number of nitrogens with two attached hydrogens (primary N) is 1. The van der Waals surface area contributed by atoms with E-state index in [1.165, 1.54) is 0 Å². The van der Waals surface area contributed by atoms with Crippen molar-refractivity contribution in [2.75, 3.05) is 31.0 Å². The minimum absolute atomic E-state index is 0.0354. The van der Waals surface area contributed by atoms with E-state index in [4.69, 9.17) is 10.6 Å². The molecule has 1 rings (SSSR count). The zero-order valence-corrected chi connectivity index (χ0v) is 10.3. The molecule has 100 valence electrons. The van der Waals surface area contributed by atoms with E-state index in [0.717, 1.165) is 12.8 Å². The van der Waals surface area contributed by atoms with Crippen molar-refractivity contribution in [1.82, 2.24) is 0 Å². The summed E-state index contributed by atoms with van der Waals surface area (Å²) in [5.41, 5.74) is 3.05. The predicted octanol–water partition coefficient (Wildman–Crippen LogP) is 1.72. The van der Waals surface area contributed by atoms with E-state index in [2.05, 4.69) is 10.7 Å². The van der Waals surface area contributed by atoms with Gasteiger partial charge in [-0.05, 0) is 25.0 Å². The number of unbranched alkanes of at least 4 members (excludes halogenated alkanes) is 1. The largest absolute Gasteiger partial charge is 0.385 e. The third-order valence-corrected chi connectivity index (χ3v) is 2.46. The highest BCUT2D eigenvalue weighted by Crippen LogP contribution is 2.31. The van der Waals surface area contributed by atoms with Gasteiger partial charge in [0.1, 0.15) is 11.4 Å². The molecule has 0 spiro atoms. The van der Waals surface area contributed by atoms with Gasteiger partial charge in [0, 0.05) is 20.3 Å². The molecule has 0 bridgehead atoms. The predicted molar refractivity (Wildman–Crippen MR) is 70.5 cm³/mol. The van der Waals surface area contributed by atoms with Crippen molar-refractivity contribution in [3.63, 3.8) is 0 Å². The van der Waals surface area contributed by atoms with Crippen molar-refractivity contribution >= 4 is 17.1 Å². The number of rotatable bonds is 8. The Morgan fingerprint density at radius 2 is 2.11 bits per heavy atom. The Kier molecular flexibility index (Phi) is 5.89. The van der Waals surface area contributed by atoms with Crippen LogP contribution in [0, 0.1) is 10.1 Å². The van der Waals surface area contributed by atoms with Gasteiger partial charge in [0.25, 0.3) is 0 Å².